The van der Waals surface area contributed by atoms with Crippen molar-refractivity contribution in [3.8, 4) is 11.6 Å². The Morgan fingerprint density at radius 3 is 2.62 bits per heavy atom. The van der Waals surface area contributed by atoms with Gasteiger partial charge in [0.1, 0.15) is 11.6 Å². The normalized spacial score (nSPS) is 14.8. The summed E-state index contributed by atoms with van der Waals surface area (Å²) in [4.78, 5) is 0. The third-order valence-corrected chi connectivity index (χ3v) is 4.63. The van der Waals surface area contributed by atoms with Gasteiger partial charge in [0.15, 0.2) is 0 Å². The van der Waals surface area contributed by atoms with Gasteiger partial charge in [-0.3, -0.25) is 4.68 Å². The third-order valence-electron chi connectivity index (χ3n) is 4.63. The smallest absolute Gasteiger partial charge is 0.236 e. The number of halogens is 1. The Morgan fingerprint density at radius 2 is 2.08 bits per heavy atom. The van der Waals surface area contributed by atoms with Crippen LogP contribution in [-0.4, -0.2) is 23.0 Å². The van der Waals surface area contributed by atoms with Crippen molar-refractivity contribution in [2.45, 2.75) is 58.6 Å². The molecule has 0 N–H and O–H groups in total. The highest BCUT2D eigenvalue weighted by Gasteiger charge is 2.26. The van der Waals surface area contributed by atoms with Gasteiger partial charge in [0, 0.05) is 23.7 Å². The molecule has 0 unspecified atom stereocenters. The second-order valence-electron chi connectivity index (χ2n) is 6.70. The Hall–Kier alpha value is -2.04. The molecule has 1 aromatic heterocycles. The van der Waals surface area contributed by atoms with Crippen LogP contribution >= 0.6 is 0 Å². The number of aromatic nitrogens is 2. The zero-order chi connectivity index (χ0) is 17.3. The van der Waals surface area contributed by atoms with Gasteiger partial charge < -0.3 is 9.47 Å². The van der Waals surface area contributed by atoms with E-state index in [1.807, 2.05) is 13.8 Å². The van der Waals surface area contributed by atoms with Crippen LogP contribution in [0.15, 0.2) is 18.2 Å². The molecule has 2 aromatic rings. The number of hydrogen-bond acceptors (Lipinski definition) is 3. The Bertz CT molecular complexity index is 720. The number of ether oxygens (including phenoxy) is 2. The molecule has 0 bridgehead atoms. The largest absolute Gasteiger partial charge is 0.497 e. The monoisotopic (exact) mass is 332 g/mol. The second kappa shape index (κ2) is 6.83. The molecule has 0 radical (unpaired) electrons. The van der Waals surface area contributed by atoms with E-state index in [-0.39, 0.29) is 11.9 Å². The van der Waals surface area contributed by atoms with Crippen molar-refractivity contribution < 1.29 is 13.9 Å². The zero-order valence-electron chi connectivity index (χ0n) is 14.8. The first-order valence-electron chi connectivity index (χ1n) is 8.56. The molecule has 0 spiro atoms. The summed E-state index contributed by atoms with van der Waals surface area (Å²) in [6, 6.07) is 5.43. The van der Waals surface area contributed by atoms with E-state index in [4.69, 9.17) is 9.47 Å². The fraction of sp³-hybridized carbons (Fsp3) is 0.526. The fourth-order valence-electron chi connectivity index (χ4n) is 3.02. The van der Waals surface area contributed by atoms with E-state index in [0.29, 0.717) is 29.7 Å². The molecule has 1 saturated carbocycles. The van der Waals surface area contributed by atoms with Gasteiger partial charge in [-0.1, -0.05) is 6.07 Å². The van der Waals surface area contributed by atoms with E-state index in [9.17, 15) is 4.39 Å². The lowest BCUT2D eigenvalue weighted by atomic mass is 9.93. The van der Waals surface area contributed by atoms with Gasteiger partial charge in [-0.15, -0.1) is 5.10 Å². The first kappa shape index (κ1) is 16.8. The molecule has 0 atom stereocenters. The zero-order valence-corrected chi connectivity index (χ0v) is 14.8. The number of hydrogen-bond donors (Lipinski definition) is 0. The van der Waals surface area contributed by atoms with Gasteiger partial charge >= 0.3 is 0 Å². The first-order chi connectivity index (χ1) is 11.5. The number of nitrogens with zero attached hydrogens (tertiary/aromatic N) is 2. The van der Waals surface area contributed by atoms with Crippen molar-refractivity contribution in [2.24, 2.45) is 0 Å². The molecule has 5 heteroatoms. The minimum atomic E-state index is -0.263. The lowest BCUT2D eigenvalue weighted by Crippen LogP contribution is -2.19. The molecule has 1 aromatic carbocycles. The summed E-state index contributed by atoms with van der Waals surface area (Å²) >= 11 is 0. The van der Waals surface area contributed by atoms with E-state index in [1.165, 1.54) is 19.6 Å². The van der Waals surface area contributed by atoms with Crippen molar-refractivity contribution in [1.82, 2.24) is 9.78 Å². The molecule has 1 fully saturated rings. The SMILES string of the molecule is COc1ccc(Cc2c(OC(C)C)nn(C3CCC3)c2C)c(F)c1. The molecular weight excluding hydrogens is 307 g/mol. The van der Waals surface area contributed by atoms with Gasteiger partial charge in [-0.2, -0.15) is 0 Å². The molecule has 0 amide bonds. The summed E-state index contributed by atoms with van der Waals surface area (Å²) in [5, 5.41) is 4.68. The summed E-state index contributed by atoms with van der Waals surface area (Å²) in [5.41, 5.74) is 2.67. The van der Waals surface area contributed by atoms with Crippen LogP contribution in [0.3, 0.4) is 0 Å². The van der Waals surface area contributed by atoms with Gasteiger partial charge in [0.25, 0.3) is 0 Å². The summed E-state index contributed by atoms with van der Waals surface area (Å²) in [7, 11) is 1.54. The molecule has 1 heterocycles. The molecule has 24 heavy (non-hydrogen) atoms. The van der Waals surface area contributed by atoms with Crippen LogP contribution < -0.4 is 9.47 Å². The molecular formula is C19H25FN2O2. The van der Waals surface area contributed by atoms with Crippen LogP contribution in [0.5, 0.6) is 11.6 Å². The van der Waals surface area contributed by atoms with E-state index in [1.54, 1.807) is 12.1 Å². The Kier molecular flexibility index (Phi) is 4.78. The molecule has 1 aliphatic rings. The fourth-order valence-corrected chi connectivity index (χ4v) is 3.02. The molecule has 4 nitrogen and oxygen atoms in total. The topological polar surface area (TPSA) is 36.3 Å². The standard InChI is InChI=1S/C19H25FN2O2/c1-12(2)24-19-17(13(3)22(21-19)15-6-5-7-15)10-14-8-9-16(23-4)11-18(14)20/h8-9,11-12,15H,5-7,10H2,1-4H3. The number of rotatable bonds is 6. The molecule has 3 rings (SSSR count). The third kappa shape index (κ3) is 3.25. The van der Waals surface area contributed by atoms with E-state index in [0.717, 1.165) is 24.1 Å². The van der Waals surface area contributed by atoms with Gasteiger partial charge in [-0.25, -0.2) is 4.39 Å². The highest BCUT2D eigenvalue weighted by atomic mass is 19.1. The van der Waals surface area contributed by atoms with Crippen LogP contribution in [0.4, 0.5) is 4.39 Å². The van der Waals surface area contributed by atoms with Crippen molar-refractivity contribution in [3.05, 3.63) is 40.8 Å². The lowest BCUT2D eigenvalue weighted by molar-refractivity contribution is 0.219. The van der Waals surface area contributed by atoms with Crippen molar-refractivity contribution in [2.75, 3.05) is 7.11 Å². The molecule has 0 saturated heterocycles. The van der Waals surface area contributed by atoms with Crippen LogP contribution in [0.2, 0.25) is 0 Å². The minimum absolute atomic E-state index is 0.0357. The van der Waals surface area contributed by atoms with Crippen molar-refractivity contribution in [1.29, 1.82) is 0 Å². The quantitative estimate of drug-likeness (QED) is 0.784. The summed E-state index contributed by atoms with van der Waals surface area (Å²) in [6.07, 6.45) is 4.05. The van der Waals surface area contributed by atoms with Gasteiger partial charge in [-0.05, 0) is 51.7 Å². The molecule has 130 valence electrons. The van der Waals surface area contributed by atoms with Crippen molar-refractivity contribution >= 4 is 0 Å². The number of methoxy groups -OCH3 is 1. The van der Waals surface area contributed by atoms with Gasteiger partial charge in [0.2, 0.25) is 5.88 Å². The van der Waals surface area contributed by atoms with Crippen molar-refractivity contribution in [3.63, 3.8) is 0 Å². The van der Waals surface area contributed by atoms with Crippen LogP contribution in [-0.2, 0) is 6.42 Å². The summed E-state index contributed by atoms with van der Waals surface area (Å²) in [6.45, 7) is 6.01. The summed E-state index contributed by atoms with van der Waals surface area (Å²) < 4.78 is 27.4. The molecule has 0 aliphatic heterocycles. The highest BCUT2D eigenvalue weighted by molar-refractivity contribution is 5.39. The average Bonchev–Trinajstić information content (AvgIpc) is 2.76. The van der Waals surface area contributed by atoms with Crippen LogP contribution in [0.25, 0.3) is 0 Å². The molecule has 1 aliphatic carbocycles. The van der Waals surface area contributed by atoms with E-state index < -0.39 is 0 Å². The summed E-state index contributed by atoms with van der Waals surface area (Å²) in [5.74, 6) is 0.891. The average molecular weight is 332 g/mol. The Labute approximate surface area is 142 Å². The Morgan fingerprint density at radius 1 is 1.33 bits per heavy atom. The Balaban J connectivity index is 1.94. The van der Waals surface area contributed by atoms with Crippen LogP contribution in [0.1, 0.15) is 56.0 Å². The number of benzene rings is 1. The maximum Gasteiger partial charge on any atom is 0.236 e. The lowest BCUT2D eigenvalue weighted by Gasteiger charge is -2.26. The maximum absolute atomic E-state index is 14.3. The predicted octanol–water partition coefficient (Wildman–Crippen LogP) is 4.44. The minimum Gasteiger partial charge on any atom is -0.497 e. The maximum atomic E-state index is 14.3. The second-order valence-corrected chi connectivity index (χ2v) is 6.70. The van der Waals surface area contributed by atoms with E-state index in [2.05, 4.69) is 16.7 Å². The highest BCUT2D eigenvalue weighted by Crippen LogP contribution is 2.36. The first-order valence-corrected chi connectivity index (χ1v) is 8.56. The van der Waals surface area contributed by atoms with E-state index >= 15 is 0 Å². The van der Waals surface area contributed by atoms with Gasteiger partial charge in [0.05, 0.1) is 19.3 Å². The predicted molar refractivity (Wildman–Crippen MR) is 91.4 cm³/mol. The van der Waals surface area contributed by atoms with Crippen LogP contribution in [0, 0.1) is 12.7 Å².